The summed E-state index contributed by atoms with van der Waals surface area (Å²) < 4.78 is 131. The normalized spacial score (nSPS) is 12.7. The molecule has 0 aliphatic rings. The van der Waals surface area contributed by atoms with Gasteiger partial charge in [-0.2, -0.15) is 30.4 Å². The smallest absolute Gasteiger partial charge is 0.871 e. The van der Waals surface area contributed by atoms with E-state index in [4.69, 9.17) is 9.29 Å². The molecule has 0 spiro atoms. The second-order valence-corrected chi connectivity index (χ2v) is 14.4. The number of sulfone groups is 1. The predicted octanol–water partition coefficient (Wildman–Crippen LogP) is -9.08. The maximum Gasteiger partial charge on any atom is 1.00 e. The van der Waals surface area contributed by atoms with Crippen LogP contribution in [0.2, 0.25) is 0 Å². The fraction of sp³-hybridized carbons (Fsp3) is 0.190. The molecule has 0 heterocycles. The molecule has 0 amide bonds. The summed E-state index contributed by atoms with van der Waals surface area (Å²) in [5.74, 6) is -5.08. The molecule has 0 saturated heterocycles. The summed E-state index contributed by atoms with van der Waals surface area (Å²) in [5, 5.41) is 43.5. The monoisotopic (exact) mass is 765 g/mol. The Labute approximate surface area is 334 Å². The molecule has 0 aromatic heterocycles. The zero-order valence-corrected chi connectivity index (χ0v) is 34.2. The first-order valence-corrected chi connectivity index (χ1v) is 17.1. The molecule has 240 valence electrons. The molecule has 19 nitrogen and oxygen atoms in total. The fourth-order valence-electron chi connectivity index (χ4n) is 3.60. The molecular formula is C21H18N3Na3O16S4. The summed E-state index contributed by atoms with van der Waals surface area (Å²) in [6, 6.07) is 3.06. The Morgan fingerprint density at radius 1 is 0.809 bits per heavy atom. The Kier molecular flexibility index (Phi) is 16.9. The summed E-state index contributed by atoms with van der Waals surface area (Å²) >= 11 is 0. The fourth-order valence-corrected chi connectivity index (χ4v) is 6.44. The van der Waals surface area contributed by atoms with Gasteiger partial charge >= 0.3 is 99.1 Å². The molecule has 3 aromatic carbocycles. The number of methoxy groups -OCH3 is 1. The molecular weight excluding hydrogens is 747 g/mol. The standard InChI is InChI=1S/C21H21N3O16S4.3Na/c1-10(25)22-14-7-12(42(30,31)32)5-11-6-18(43(33,34)35)20(21(27)19(11)14)24-23-13-8-16(39-2)17(9-15(13)26)41(28,29)4-3-40-44(36,37)38;;;/h5-9,26-27H,3-4H2,1-2H3,(H,22,25)(H,30,31,32)(H,33,34,35)(H,36,37,38);;;/q;3*+1/p-3. The number of azo groups is 1. The van der Waals surface area contributed by atoms with Crippen molar-refractivity contribution in [1.29, 1.82) is 0 Å². The molecule has 47 heavy (non-hydrogen) atoms. The van der Waals surface area contributed by atoms with E-state index >= 15 is 0 Å². The Morgan fingerprint density at radius 2 is 1.40 bits per heavy atom. The van der Waals surface area contributed by atoms with Crippen molar-refractivity contribution in [2.24, 2.45) is 15.2 Å². The number of rotatable bonds is 11. The molecule has 0 unspecified atom stereocenters. The van der Waals surface area contributed by atoms with Crippen LogP contribution in [0.5, 0.6) is 17.2 Å². The quantitative estimate of drug-likeness (QED) is 0.0536. The van der Waals surface area contributed by atoms with E-state index < -0.39 is 118 Å². The number of fused-ring (bicyclic) bond motifs is 1. The number of hydrogen-bond donors (Lipinski definition) is 3. The average Bonchev–Trinajstić information content (AvgIpc) is 2.85. The SMILES string of the molecule is COc1cc(N=Nc2c(S(=O)(=O)O)cc3cc(S(=O)(=O)O)cc(N=C(C)[O-])c3c2[O-])c([O-])cc1S(=O)(=O)CCOS(=O)(=O)O.[Na+].[Na+].[Na+]. The van der Waals surface area contributed by atoms with Gasteiger partial charge in [-0.25, -0.2) is 12.6 Å². The first kappa shape index (κ1) is 46.0. The van der Waals surface area contributed by atoms with Crippen LogP contribution < -0.4 is 109 Å². The second kappa shape index (κ2) is 17.3. The van der Waals surface area contributed by atoms with Crippen LogP contribution in [0.25, 0.3) is 10.8 Å². The van der Waals surface area contributed by atoms with Crippen LogP contribution in [0.3, 0.4) is 0 Å². The largest absolute Gasteiger partial charge is 1.00 e. The summed E-state index contributed by atoms with van der Waals surface area (Å²) in [6.45, 7) is -0.103. The summed E-state index contributed by atoms with van der Waals surface area (Å²) in [6.07, 6.45) is 0. The number of benzene rings is 3. The molecule has 0 bridgehead atoms. The van der Waals surface area contributed by atoms with E-state index in [2.05, 4.69) is 19.4 Å². The maximum atomic E-state index is 13.4. The van der Waals surface area contributed by atoms with E-state index in [1.54, 1.807) is 0 Å². The van der Waals surface area contributed by atoms with Gasteiger partial charge in [-0.3, -0.25) is 18.7 Å². The predicted molar refractivity (Wildman–Crippen MR) is 142 cm³/mol. The Morgan fingerprint density at radius 3 is 1.89 bits per heavy atom. The van der Waals surface area contributed by atoms with Crippen LogP contribution in [0.1, 0.15) is 6.92 Å². The first-order valence-electron chi connectivity index (χ1n) is 11.2. The maximum absolute atomic E-state index is 13.4. The summed E-state index contributed by atoms with van der Waals surface area (Å²) in [7, 11) is -18.8. The molecule has 0 aliphatic carbocycles. The van der Waals surface area contributed by atoms with Crippen LogP contribution >= 0.6 is 0 Å². The number of aliphatic imine (C=N–C) groups is 1. The minimum absolute atomic E-state index is 0. The molecule has 3 aromatic rings. The summed E-state index contributed by atoms with van der Waals surface area (Å²) in [5.41, 5.74) is -2.51. The molecule has 0 fully saturated rings. The van der Waals surface area contributed by atoms with Gasteiger partial charge in [0.2, 0.25) is 0 Å². The van der Waals surface area contributed by atoms with E-state index in [0.717, 1.165) is 20.1 Å². The molecule has 0 atom stereocenters. The van der Waals surface area contributed by atoms with Crippen molar-refractivity contribution in [3.63, 3.8) is 0 Å². The van der Waals surface area contributed by atoms with Gasteiger partial charge in [-0.15, -0.1) is 5.11 Å². The van der Waals surface area contributed by atoms with Crippen LogP contribution in [0.15, 0.2) is 60.2 Å². The van der Waals surface area contributed by atoms with Gasteiger partial charge in [-0.1, -0.05) is 11.5 Å². The zero-order valence-electron chi connectivity index (χ0n) is 24.9. The zero-order chi connectivity index (χ0) is 33.4. The van der Waals surface area contributed by atoms with Crippen molar-refractivity contribution in [2.75, 3.05) is 19.5 Å². The van der Waals surface area contributed by atoms with E-state index in [9.17, 15) is 58.1 Å². The first-order chi connectivity index (χ1) is 20.0. The second-order valence-electron chi connectivity index (χ2n) is 8.41. The van der Waals surface area contributed by atoms with Gasteiger partial charge in [0.25, 0.3) is 20.2 Å². The summed E-state index contributed by atoms with van der Waals surface area (Å²) in [4.78, 5) is 0.613. The molecule has 3 N–H and O–H groups in total. The number of ether oxygens (including phenoxy) is 1. The molecule has 3 rings (SSSR count). The topological polar surface area (TPSA) is 322 Å². The minimum Gasteiger partial charge on any atom is -0.871 e. The molecule has 0 radical (unpaired) electrons. The number of nitrogens with zero attached hydrogens (tertiary/aromatic N) is 3. The van der Waals surface area contributed by atoms with Gasteiger partial charge in [0.15, 0.2) is 9.84 Å². The van der Waals surface area contributed by atoms with E-state index in [-0.39, 0.29) is 88.7 Å². The van der Waals surface area contributed by atoms with E-state index in [1.165, 1.54) is 0 Å². The van der Waals surface area contributed by atoms with Crippen LogP contribution in [0.4, 0.5) is 17.1 Å². The third-order valence-electron chi connectivity index (χ3n) is 5.36. The van der Waals surface area contributed by atoms with Crippen molar-refractivity contribution in [3.8, 4) is 17.2 Å². The van der Waals surface area contributed by atoms with Crippen LogP contribution in [0, 0.1) is 0 Å². The van der Waals surface area contributed by atoms with Crippen molar-refractivity contribution in [1.82, 2.24) is 0 Å². The van der Waals surface area contributed by atoms with Gasteiger partial charge in [-0.05, 0) is 42.5 Å². The average molecular weight is 766 g/mol. The van der Waals surface area contributed by atoms with Gasteiger partial charge < -0.3 is 20.1 Å². The van der Waals surface area contributed by atoms with Crippen LogP contribution in [-0.2, 0) is 44.7 Å². The van der Waals surface area contributed by atoms with Gasteiger partial charge in [0.05, 0.1) is 41.4 Å². The minimum atomic E-state index is -5.32. The Balaban J connectivity index is 0.00000705. The van der Waals surface area contributed by atoms with E-state index in [1.807, 2.05) is 0 Å². The Bertz CT molecular complexity index is 2170. The van der Waals surface area contributed by atoms with E-state index in [0.29, 0.717) is 24.3 Å². The third-order valence-corrected chi connectivity index (χ3v) is 9.22. The van der Waals surface area contributed by atoms with Crippen LogP contribution in [-0.4, -0.2) is 72.7 Å². The van der Waals surface area contributed by atoms with Crippen molar-refractivity contribution >= 4 is 74.2 Å². The molecule has 0 aliphatic heterocycles. The van der Waals surface area contributed by atoms with Crippen molar-refractivity contribution in [3.05, 3.63) is 30.3 Å². The third kappa shape index (κ3) is 11.8. The molecule has 26 heteroatoms. The Hall–Kier alpha value is -0.970. The number of hydrogen-bond acceptors (Lipinski definition) is 16. The van der Waals surface area contributed by atoms with Gasteiger partial charge in [0.1, 0.15) is 15.5 Å². The molecule has 0 saturated carbocycles. The van der Waals surface area contributed by atoms with Gasteiger partial charge in [0, 0.05) is 11.5 Å². The van der Waals surface area contributed by atoms with Crippen molar-refractivity contribution in [2.45, 2.75) is 21.6 Å². The van der Waals surface area contributed by atoms with Crippen molar-refractivity contribution < 1.29 is 160 Å².